The molecule has 0 saturated carbocycles. The average Bonchev–Trinajstić information content (AvgIpc) is 3.19. The number of nitrogens with one attached hydrogen (secondary N) is 1. The van der Waals surface area contributed by atoms with Gasteiger partial charge in [0.05, 0.1) is 18.8 Å². The maximum Gasteiger partial charge on any atom is 0.258 e. The van der Waals surface area contributed by atoms with E-state index >= 15 is 0 Å². The fourth-order valence-corrected chi connectivity index (χ4v) is 3.60. The van der Waals surface area contributed by atoms with Gasteiger partial charge in [-0.05, 0) is 38.0 Å². The highest BCUT2D eigenvalue weighted by atomic mass is 32.2. The molecule has 3 rings (SSSR count). The van der Waals surface area contributed by atoms with E-state index in [4.69, 9.17) is 0 Å². The first-order valence-electron chi connectivity index (χ1n) is 7.76. The van der Waals surface area contributed by atoms with Crippen LogP contribution in [0.5, 0.6) is 0 Å². The Labute approximate surface area is 140 Å². The Kier molecular flexibility index (Phi) is 4.37. The number of aromatic nitrogens is 5. The molecule has 0 fully saturated rings. The second-order valence-electron chi connectivity index (χ2n) is 5.75. The van der Waals surface area contributed by atoms with Crippen LogP contribution < -0.4 is 4.72 Å². The molecule has 3 aromatic rings. The van der Waals surface area contributed by atoms with E-state index in [-0.39, 0.29) is 17.6 Å². The molecule has 0 aliphatic rings. The summed E-state index contributed by atoms with van der Waals surface area (Å²) in [6, 6.07) is 5.28. The van der Waals surface area contributed by atoms with Crippen molar-refractivity contribution in [2.45, 2.75) is 44.8 Å². The van der Waals surface area contributed by atoms with Crippen LogP contribution in [0.4, 0.5) is 0 Å². The van der Waals surface area contributed by atoms with Crippen molar-refractivity contribution in [2.24, 2.45) is 0 Å². The van der Waals surface area contributed by atoms with Gasteiger partial charge < -0.3 is 0 Å². The van der Waals surface area contributed by atoms with E-state index in [1.54, 1.807) is 4.40 Å². The van der Waals surface area contributed by atoms with Crippen molar-refractivity contribution in [3.63, 3.8) is 0 Å². The van der Waals surface area contributed by atoms with Crippen molar-refractivity contribution in [1.82, 2.24) is 29.1 Å². The van der Waals surface area contributed by atoms with Crippen LogP contribution in [0.3, 0.4) is 0 Å². The third-order valence-corrected chi connectivity index (χ3v) is 5.36. The highest BCUT2D eigenvalue weighted by molar-refractivity contribution is 7.89. The summed E-state index contributed by atoms with van der Waals surface area (Å²) in [5.74, 6) is 0.534. The van der Waals surface area contributed by atoms with Crippen molar-refractivity contribution in [2.75, 3.05) is 0 Å². The molecule has 3 aromatic heterocycles. The molecular formula is C15H20N6O2S. The molecule has 0 bridgehead atoms. The van der Waals surface area contributed by atoms with Crippen molar-refractivity contribution in [3.05, 3.63) is 42.0 Å². The SMILES string of the molecule is CCC(C)n1nccc1S(=O)(=O)NCc1nnc2ccc(C)cn12. The number of pyridine rings is 1. The van der Waals surface area contributed by atoms with Gasteiger partial charge in [-0.1, -0.05) is 13.0 Å². The molecule has 0 amide bonds. The van der Waals surface area contributed by atoms with Crippen molar-refractivity contribution in [3.8, 4) is 0 Å². The topological polar surface area (TPSA) is 94.2 Å². The summed E-state index contributed by atoms with van der Waals surface area (Å²) >= 11 is 0. The molecule has 1 N–H and O–H groups in total. The quantitative estimate of drug-likeness (QED) is 0.731. The van der Waals surface area contributed by atoms with E-state index in [1.165, 1.54) is 16.9 Å². The second kappa shape index (κ2) is 6.33. The minimum absolute atomic E-state index is 0.00291. The van der Waals surface area contributed by atoms with Crippen LogP contribution in [0.2, 0.25) is 0 Å². The lowest BCUT2D eigenvalue weighted by molar-refractivity contribution is 0.435. The van der Waals surface area contributed by atoms with Crippen molar-refractivity contribution < 1.29 is 8.42 Å². The first-order chi connectivity index (χ1) is 11.4. The Hall–Kier alpha value is -2.26. The van der Waals surface area contributed by atoms with Crippen LogP contribution >= 0.6 is 0 Å². The Morgan fingerprint density at radius 1 is 1.25 bits per heavy atom. The average molecular weight is 348 g/mol. The van der Waals surface area contributed by atoms with E-state index in [0.717, 1.165) is 12.0 Å². The number of hydrogen-bond donors (Lipinski definition) is 1. The van der Waals surface area contributed by atoms with Crippen LogP contribution in [0.25, 0.3) is 5.65 Å². The lowest BCUT2D eigenvalue weighted by atomic mass is 10.3. The van der Waals surface area contributed by atoms with E-state index in [9.17, 15) is 8.42 Å². The molecule has 24 heavy (non-hydrogen) atoms. The van der Waals surface area contributed by atoms with Crippen molar-refractivity contribution in [1.29, 1.82) is 0 Å². The predicted molar refractivity (Wildman–Crippen MR) is 89.0 cm³/mol. The molecule has 9 heteroatoms. The summed E-state index contributed by atoms with van der Waals surface area (Å²) in [4.78, 5) is 0. The normalized spacial score (nSPS) is 13.5. The third kappa shape index (κ3) is 3.04. The van der Waals surface area contributed by atoms with Crippen LogP contribution in [0.1, 0.15) is 37.7 Å². The maximum atomic E-state index is 12.6. The van der Waals surface area contributed by atoms with Gasteiger partial charge >= 0.3 is 0 Å². The summed E-state index contributed by atoms with van der Waals surface area (Å²) in [6.07, 6.45) is 4.16. The predicted octanol–water partition coefficient (Wildman–Crippen LogP) is 1.68. The van der Waals surface area contributed by atoms with Crippen LogP contribution in [-0.4, -0.2) is 32.8 Å². The van der Waals surface area contributed by atoms with Gasteiger partial charge in [0.15, 0.2) is 16.5 Å². The summed E-state index contributed by atoms with van der Waals surface area (Å²) in [5, 5.41) is 12.4. The van der Waals surface area contributed by atoms with E-state index < -0.39 is 10.0 Å². The third-order valence-electron chi connectivity index (χ3n) is 3.96. The zero-order valence-electron chi connectivity index (χ0n) is 13.8. The fraction of sp³-hybridized carbons (Fsp3) is 0.400. The number of hydrogen-bond acceptors (Lipinski definition) is 5. The van der Waals surface area contributed by atoms with Crippen LogP contribution in [0.15, 0.2) is 35.6 Å². The summed E-state index contributed by atoms with van der Waals surface area (Å²) in [7, 11) is -3.69. The smallest absolute Gasteiger partial charge is 0.258 e. The summed E-state index contributed by atoms with van der Waals surface area (Å²) in [6.45, 7) is 5.93. The molecular weight excluding hydrogens is 328 g/mol. The van der Waals surface area contributed by atoms with Gasteiger partial charge in [-0.2, -0.15) is 5.10 Å². The first-order valence-corrected chi connectivity index (χ1v) is 9.24. The number of sulfonamides is 1. The van der Waals surface area contributed by atoms with Crippen LogP contribution in [0, 0.1) is 6.92 Å². The lowest BCUT2D eigenvalue weighted by Gasteiger charge is -2.14. The second-order valence-corrected chi connectivity index (χ2v) is 7.46. The number of rotatable bonds is 6. The van der Waals surface area contributed by atoms with Gasteiger partial charge in [0.25, 0.3) is 10.0 Å². The van der Waals surface area contributed by atoms with Gasteiger partial charge in [-0.15, -0.1) is 10.2 Å². The highest BCUT2D eigenvalue weighted by Crippen LogP contribution is 2.17. The van der Waals surface area contributed by atoms with Gasteiger partial charge in [0, 0.05) is 6.20 Å². The summed E-state index contributed by atoms with van der Waals surface area (Å²) in [5.41, 5.74) is 1.72. The zero-order chi connectivity index (χ0) is 17.3. The number of fused-ring (bicyclic) bond motifs is 1. The van der Waals surface area contributed by atoms with E-state index in [2.05, 4.69) is 20.0 Å². The highest BCUT2D eigenvalue weighted by Gasteiger charge is 2.22. The van der Waals surface area contributed by atoms with Gasteiger partial charge in [-0.3, -0.25) is 9.08 Å². The molecule has 0 radical (unpaired) electrons. The molecule has 3 heterocycles. The standard InChI is InChI=1S/C15H20N6O2S/c1-4-12(3)21-15(7-8-16-21)24(22,23)17-9-14-19-18-13-6-5-11(2)10-20(13)14/h5-8,10,12,17H,4,9H2,1-3H3. The minimum atomic E-state index is -3.69. The monoisotopic (exact) mass is 348 g/mol. The number of aryl methyl sites for hydroxylation is 1. The molecule has 0 aliphatic heterocycles. The molecule has 128 valence electrons. The zero-order valence-corrected chi connectivity index (χ0v) is 14.7. The molecule has 0 saturated heterocycles. The van der Waals surface area contributed by atoms with E-state index in [1.807, 2.05) is 39.1 Å². The first kappa shape index (κ1) is 16.6. The molecule has 8 nitrogen and oxygen atoms in total. The largest absolute Gasteiger partial charge is 0.285 e. The Balaban J connectivity index is 1.85. The number of nitrogens with zero attached hydrogens (tertiary/aromatic N) is 5. The summed E-state index contributed by atoms with van der Waals surface area (Å²) < 4.78 is 31.1. The van der Waals surface area contributed by atoms with Gasteiger partial charge in [0.1, 0.15) is 0 Å². The fourth-order valence-electron chi connectivity index (χ4n) is 2.42. The van der Waals surface area contributed by atoms with Crippen molar-refractivity contribution >= 4 is 15.7 Å². The molecule has 1 atom stereocenters. The molecule has 1 unspecified atom stereocenters. The lowest BCUT2D eigenvalue weighted by Crippen LogP contribution is -2.27. The molecule has 0 aliphatic carbocycles. The van der Waals surface area contributed by atoms with E-state index in [0.29, 0.717) is 11.5 Å². The van der Waals surface area contributed by atoms with Gasteiger partial charge in [-0.25, -0.2) is 13.1 Å². The Bertz CT molecular complexity index is 959. The Morgan fingerprint density at radius 2 is 2.04 bits per heavy atom. The molecule has 0 spiro atoms. The maximum absolute atomic E-state index is 12.6. The minimum Gasteiger partial charge on any atom is -0.285 e. The Morgan fingerprint density at radius 3 is 2.79 bits per heavy atom. The van der Waals surface area contributed by atoms with Gasteiger partial charge in [0.2, 0.25) is 0 Å². The molecule has 0 aromatic carbocycles. The van der Waals surface area contributed by atoms with Crippen LogP contribution in [-0.2, 0) is 16.6 Å².